The fourth-order valence-corrected chi connectivity index (χ4v) is 1.45. The molecule has 1 rings (SSSR count). The van der Waals surface area contributed by atoms with Gasteiger partial charge in [0.15, 0.2) is 6.61 Å². The molecule has 0 aliphatic carbocycles. The summed E-state index contributed by atoms with van der Waals surface area (Å²) in [4.78, 5) is 12.4. The molecule has 106 valence electrons. The van der Waals surface area contributed by atoms with Gasteiger partial charge in [0.1, 0.15) is 5.75 Å². The zero-order valence-electron chi connectivity index (χ0n) is 10.4. The molecule has 1 amide bonds. The number of amides is 1. The SMILES string of the molecule is CC(c1ccccc1O)N(C)C(=O)OCC(F)(F)F. The van der Waals surface area contributed by atoms with E-state index in [0.29, 0.717) is 5.56 Å². The Balaban J connectivity index is 2.69. The maximum absolute atomic E-state index is 11.9. The van der Waals surface area contributed by atoms with Crippen LogP contribution in [0.4, 0.5) is 18.0 Å². The van der Waals surface area contributed by atoms with E-state index in [0.717, 1.165) is 4.90 Å². The molecule has 0 bridgehead atoms. The van der Waals surface area contributed by atoms with Crippen LogP contribution >= 0.6 is 0 Å². The van der Waals surface area contributed by atoms with Crippen molar-refractivity contribution in [3.63, 3.8) is 0 Å². The van der Waals surface area contributed by atoms with Crippen LogP contribution in [0.3, 0.4) is 0 Å². The van der Waals surface area contributed by atoms with Gasteiger partial charge in [-0.2, -0.15) is 13.2 Å². The number of ether oxygens (including phenoxy) is 1. The number of carbonyl (C=O) groups is 1. The standard InChI is InChI=1S/C12H14F3NO3/c1-8(9-5-3-4-6-10(9)17)16(2)11(18)19-7-12(13,14)15/h3-6,8,17H,7H2,1-2H3. The molecule has 0 heterocycles. The Kier molecular flexibility index (Phi) is 4.63. The molecule has 7 heteroatoms. The lowest BCUT2D eigenvalue weighted by Crippen LogP contribution is -2.33. The van der Waals surface area contributed by atoms with Crippen molar-refractivity contribution >= 4 is 6.09 Å². The molecular formula is C12H14F3NO3. The maximum atomic E-state index is 11.9. The summed E-state index contributed by atoms with van der Waals surface area (Å²) in [5, 5.41) is 9.61. The number of aromatic hydroxyl groups is 1. The number of para-hydroxylation sites is 1. The number of phenols is 1. The molecule has 0 saturated heterocycles. The van der Waals surface area contributed by atoms with Crippen molar-refractivity contribution < 1.29 is 27.8 Å². The van der Waals surface area contributed by atoms with Crippen molar-refractivity contribution in [3.8, 4) is 5.75 Å². The predicted molar refractivity (Wildman–Crippen MR) is 61.7 cm³/mol. The Morgan fingerprint density at radius 2 is 2.00 bits per heavy atom. The molecule has 0 fully saturated rings. The Labute approximate surface area is 108 Å². The lowest BCUT2D eigenvalue weighted by molar-refractivity contribution is -0.162. The van der Waals surface area contributed by atoms with E-state index in [2.05, 4.69) is 4.74 Å². The largest absolute Gasteiger partial charge is 0.508 e. The van der Waals surface area contributed by atoms with Crippen LogP contribution in [0.1, 0.15) is 18.5 Å². The monoisotopic (exact) mass is 277 g/mol. The topological polar surface area (TPSA) is 49.8 Å². The van der Waals surface area contributed by atoms with Crippen LogP contribution in [-0.4, -0.2) is 35.9 Å². The minimum Gasteiger partial charge on any atom is -0.508 e. The van der Waals surface area contributed by atoms with Crippen LogP contribution in [0.5, 0.6) is 5.75 Å². The highest BCUT2D eigenvalue weighted by atomic mass is 19.4. The van der Waals surface area contributed by atoms with E-state index in [1.165, 1.54) is 13.1 Å². The third-order valence-electron chi connectivity index (χ3n) is 2.62. The first kappa shape index (κ1) is 15.1. The Morgan fingerprint density at radius 1 is 1.42 bits per heavy atom. The van der Waals surface area contributed by atoms with Gasteiger partial charge in [-0.1, -0.05) is 18.2 Å². The highest BCUT2D eigenvalue weighted by Crippen LogP contribution is 2.27. The summed E-state index contributed by atoms with van der Waals surface area (Å²) >= 11 is 0. The summed E-state index contributed by atoms with van der Waals surface area (Å²) in [6.07, 6.45) is -5.66. The van der Waals surface area contributed by atoms with E-state index in [1.807, 2.05) is 0 Å². The van der Waals surface area contributed by atoms with Crippen LogP contribution < -0.4 is 0 Å². The molecule has 1 unspecified atom stereocenters. The summed E-state index contributed by atoms with van der Waals surface area (Å²) in [5.74, 6) is -0.0366. The number of carbonyl (C=O) groups excluding carboxylic acids is 1. The molecule has 0 aliphatic rings. The molecule has 0 aliphatic heterocycles. The van der Waals surface area contributed by atoms with E-state index in [9.17, 15) is 23.1 Å². The minimum absolute atomic E-state index is 0.0366. The molecular weight excluding hydrogens is 263 g/mol. The number of halogens is 3. The highest BCUT2D eigenvalue weighted by Gasteiger charge is 2.31. The second kappa shape index (κ2) is 5.81. The molecule has 19 heavy (non-hydrogen) atoms. The van der Waals surface area contributed by atoms with Gasteiger partial charge in [0.2, 0.25) is 0 Å². The van der Waals surface area contributed by atoms with Crippen molar-refractivity contribution in [2.75, 3.05) is 13.7 Å². The van der Waals surface area contributed by atoms with Gasteiger partial charge in [-0.15, -0.1) is 0 Å². The van der Waals surface area contributed by atoms with Crippen LogP contribution in [0.25, 0.3) is 0 Å². The van der Waals surface area contributed by atoms with Gasteiger partial charge < -0.3 is 14.7 Å². The van der Waals surface area contributed by atoms with E-state index in [-0.39, 0.29) is 5.75 Å². The minimum atomic E-state index is -4.56. The third kappa shape index (κ3) is 4.35. The number of rotatable bonds is 3. The molecule has 0 saturated carbocycles. The van der Waals surface area contributed by atoms with E-state index in [4.69, 9.17) is 0 Å². The molecule has 1 aromatic carbocycles. The van der Waals surface area contributed by atoms with Gasteiger partial charge in [0.25, 0.3) is 0 Å². The first-order chi connectivity index (χ1) is 8.72. The summed E-state index contributed by atoms with van der Waals surface area (Å²) in [7, 11) is 1.30. The smallest absolute Gasteiger partial charge is 0.422 e. The first-order valence-electron chi connectivity index (χ1n) is 5.46. The Hall–Kier alpha value is -1.92. The van der Waals surface area contributed by atoms with Crippen LogP contribution in [0, 0.1) is 0 Å². The zero-order valence-corrected chi connectivity index (χ0v) is 10.4. The highest BCUT2D eigenvalue weighted by molar-refractivity contribution is 5.68. The van der Waals surface area contributed by atoms with Gasteiger partial charge in [-0.3, -0.25) is 0 Å². The second-order valence-electron chi connectivity index (χ2n) is 4.02. The van der Waals surface area contributed by atoms with Gasteiger partial charge >= 0.3 is 12.3 Å². The average Bonchev–Trinajstić information content (AvgIpc) is 2.34. The van der Waals surface area contributed by atoms with Crippen molar-refractivity contribution in [2.24, 2.45) is 0 Å². The lowest BCUT2D eigenvalue weighted by Gasteiger charge is -2.25. The molecule has 0 spiro atoms. The van der Waals surface area contributed by atoms with Gasteiger partial charge in [-0.05, 0) is 13.0 Å². The van der Waals surface area contributed by atoms with E-state index < -0.39 is 24.9 Å². The number of hydrogen-bond donors (Lipinski definition) is 1. The van der Waals surface area contributed by atoms with Crippen LogP contribution in [0.15, 0.2) is 24.3 Å². The molecule has 1 N–H and O–H groups in total. The normalized spacial score (nSPS) is 12.9. The van der Waals surface area contributed by atoms with E-state index >= 15 is 0 Å². The summed E-state index contributed by atoms with van der Waals surface area (Å²) in [5.41, 5.74) is 0.425. The quantitative estimate of drug-likeness (QED) is 0.923. The molecule has 1 aromatic rings. The zero-order chi connectivity index (χ0) is 14.6. The molecule has 0 aromatic heterocycles. The average molecular weight is 277 g/mol. The summed E-state index contributed by atoms with van der Waals surface area (Å²) in [6.45, 7) is -0.0619. The van der Waals surface area contributed by atoms with Crippen molar-refractivity contribution in [1.29, 1.82) is 0 Å². The lowest BCUT2D eigenvalue weighted by atomic mass is 10.1. The summed E-state index contributed by atoms with van der Waals surface area (Å²) < 4.78 is 39.9. The van der Waals surface area contributed by atoms with Gasteiger partial charge in [0.05, 0.1) is 6.04 Å². The fraction of sp³-hybridized carbons (Fsp3) is 0.417. The number of nitrogens with zero attached hydrogens (tertiary/aromatic N) is 1. The molecule has 4 nitrogen and oxygen atoms in total. The van der Waals surface area contributed by atoms with Crippen LogP contribution in [-0.2, 0) is 4.74 Å². The number of hydrogen-bond acceptors (Lipinski definition) is 3. The summed E-state index contributed by atoms with van der Waals surface area (Å²) in [6, 6.07) is 5.66. The number of alkyl halides is 3. The number of benzene rings is 1. The third-order valence-corrected chi connectivity index (χ3v) is 2.62. The fourth-order valence-electron chi connectivity index (χ4n) is 1.45. The van der Waals surface area contributed by atoms with Gasteiger partial charge in [0, 0.05) is 12.6 Å². The van der Waals surface area contributed by atoms with Crippen molar-refractivity contribution in [2.45, 2.75) is 19.1 Å². The van der Waals surface area contributed by atoms with E-state index in [1.54, 1.807) is 25.1 Å². The molecule has 1 atom stereocenters. The Morgan fingerprint density at radius 3 is 2.53 bits per heavy atom. The number of phenolic OH excluding ortho intramolecular Hbond substituents is 1. The second-order valence-corrected chi connectivity index (χ2v) is 4.02. The van der Waals surface area contributed by atoms with Crippen LogP contribution in [0.2, 0.25) is 0 Å². The van der Waals surface area contributed by atoms with Crippen molar-refractivity contribution in [1.82, 2.24) is 4.90 Å². The molecule has 0 radical (unpaired) electrons. The maximum Gasteiger partial charge on any atom is 0.422 e. The van der Waals surface area contributed by atoms with Crippen molar-refractivity contribution in [3.05, 3.63) is 29.8 Å². The predicted octanol–water partition coefficient (Wildman–Crippen LogP) is 3.08. The Bertz CT molecular complexity index is 448. The first-order valence-corrected chi connectivity index (χ1v) is 5.46. The van der Waals surface area contributed by atoms with Gasteiger partial charge in [-0.25, -0.2) is 4.79 Å².